The first kappa shape index (κ1) is 16.5. The van der Waals surface area contributed by atoms with Gasteiger partial charge in [-0.2, -0.15) is 4.31 Å². The number of imide groups is 1. The standard InChI is InChI=1S/C11H9Cl3N2O4S/c1-5-11(18)15-9(17)4-16(5)21(19,20)10-7(13)2-6(12)3-8(10)14/h2-3,5H,4H2,1H3,(H,15,17,18). The molecule has 0 aromatic heterocycles. The van der Waals surface area contributed by atoms with Gasteiger partial charge in [0.05, 0.1) is 16.6 Å². The van der Waals surface area contributed by atoms with Crippen LogP contribution in [-0.2, 0) is 19.6 Å². The second-order valence-electron chi connectivity index (χ2n) is 4.34. The van der Waals surface area contributed by atoms with E-state index in [1.807, 2.05) is 5.32 Å². The number of hydrogen-bond donors (Lipinski definition) is 1. The van der Waals surface area contributed by atoms with E-state index in [2.05, 4.69) is 0 Å². The number of carbonyl (C=O) groups is 2. The molecule has 1 N–H and O–H groups in total. The van der Waals surface area contributed by atoms with Crippen LogP contribution in [0.25, 0.3) is 0 Å². The van der Waals surface area contributed by atoms with Crippen LogP contribution in [0.15, 0.2) is 17.0 Å². The van der Waals surface area contributed by atoms with Gasteiger partial charge in [0.1, 0.15) is 10.9 Å². The zero-order valence-electron chi connectivity index (χ0n) is 10.6. The SMILES string of the molecule is CC1C(=O)NC(=O)CN1S(=O)(=O)c1c(Cl)cc(Cl)cc1Cl. The predicted octanol–water partition coefficient (Wildman–Crippen LogP) is 1.68. The van der Waals surface area contributed by atoms with Gasteiger partial charge in [0, 0.05) is 5.02 Å². The largest absolute Gasteiger partial charge is 0.294 e. The molecule has 1 heterocycles. The van der Waals surface area contributed by atoms with E-state index < -0.39 is 34.4 Å². The highest BCUT2D eigenvalue weighted by atomic mass is 35.5. The Morgan fingerprint density at radius 2 is 1.71 bits per heavy atom. The average molecular weight is 372 g/mol. The summed E-state index contributed by atoms with van der Waals surface area (Å²) in [6.07, 6.45) is 0. The third-order valence-corrected chi connectivity index (χ3v) is 5.96. The first-order chi connectivity index (χ1) is 9.64. The number of rotatable bonds is 2. The molecule has 1 aromatic carbocycles. The summed E-state index contributed by atoms with van der Waals surface area (Å²) >= 11 is 17.5. The summed E-state index contributed by atoms with van der Waals surface area (Å²) in [5.74, 6) is -1.43. The Hall–Kier alpha value is -0.860. The lowest BCUT2D eigenvalue weighted by Gasteiger charge is -2.31. The van der Waals surface area contributed by atoms with Gasteiger partial charge in [-0.05, 0) is 19.1 Å². The molecule has 1 aromatic rings. The van der Waals surface area contributed by atoms with Crippen molar-refractivity contribution >= 4 is 56.6 Å². The van der Waals surface area contributed by atoms with Gasteiger partial charge in [0.2, 0.25) is 21.8 Å². The van der Waals surface area contributed by atoms with Crippen molar-refractivity contribution in [2.45, 2.75) is 17.9 Å². The van der Waals surface area contributed by atoms with E-state index in [0.717, 1.165) is 4.31 Å². The molecule has 10 heteroatoms. The molecule has 0 aliphatic carbocycles. The second-order valence-corrected chi connectivity index (χ2v) is 7.42. The Balaban J connectivity index is 2.57. The Morgan fingerprint density at radius 3 is 2.24 bits per heavy atom. The number of nitrogens with zero attached hydrogens (tertiary/aromatic N) is 1. The molecule has 1 atom stereocenters. The van der Waals surface area contributed by atoms with Crippen molar-refractivity contribution in [3.63, 3.8) is 0 Å². The van der Waals surface area contributed by atoms with E-state index >= 15 is 0 Å². The fourth-order valence-electron chi connectivity index (χ4n) is 1.88. The van der Waals surface area contributed by atoms with E-state index in [4.69, 9.17) is 34.8 Å². The third-order valence-electron chi connectivity index (χ3n) is 2.90. The molecule has 0 spiro atoms. The molecule has 0 bridgehead atoms. The fourth-order valence-corrected chi connectivity index (χ4v) is 4.92. The maximum Gasteiger partial charge on any atom is 0.247 e. The van der Waals surface area contributed by atoms with Crippen LogP contribution in [-0.4, -0.2) is 37.1 Å². The van der Waals surface area contributed by atoms with E-state index in [1.165, 1.54) is 19.1 Å². The predicted molar refractivity (Wildman–Crippen MR) is 78.0 cm³/mol. The lowest BCUT2D eigenvalue weighted by Crippen LogP contribution is -2.58. The first-order valence-electron chi connectivity index (χ1n) is 5.64. The molecule has 2 amide bonds. The molecule has 114 valence electrons. The van der Waals surface area contributed by atoms with Crippen molar-refractivity contribution in [2.75, 3.05) is 6.54 Å². The number of halogens is 3. The van der Waals surface area contributed by atoms with Gasteiger partial charge in [-0.3, -0.25) is 14.9 Å². The molecule has 21 heavy (non-hydrogen) atoms. The third kappa shape index (κ3) is 3.02. The number of sulfonamides is 1. The molecule has 1 saturated heterocycles. The van der Waals surface area contributed by atoms with Crippen LogP contribution in [0, 0.1) is 0 Å². The number of nitrogens with one attached hydrogen (secondary N) is 1. The maximum atomic E-state index is 12.6. The minimum absolute atomic E-state index is 0.171. The molecule has 1 aliphatic heterocycles. The normalized spacial score (nSPS) is 20.5. The van der Waals surface area contributed by atoms with Gasteiger partial charge in [-0.25, -0.2) is 8.42 Å². The molecule has 0 radical (unpaired) electrons. The van der Waals surface area contributed by atoms with Crippen molar-refractivity contribution in [1.82, 2.24) is 9.62 Å². The van der Waals surface area contributed by atoms with Gasteiger partial charge >= 0.3 is 0 Å². The summed E-state index contributed by atoms with van der Waals surface area (Å²) in [7, 11) is -4.23. The highest BCUT2D eigenvalue weighted by Gasteiger charge is 2.40. The van der Waals surface area contributed by atoms with Crippen molar-refractivity contribution in [2.24, 2.45) is 0 Å². The van der Waals surface area contributed by atoms with Crippen molar-refractivity contribution in [3.8, 4) is 0 Å². The van der Waals surface area contributed by atoms with Crippen LogP contribution in [0.1, 0.15) is 6.92 Å². The van der Waals surface area contributed by atoms with Crippen molar-refractivity contribution in [1.29, 1.82) is 0 Å². The number of benzene rings is 1. The lowest BCUT2D eigenvalue weighted by atomic mass is 10.2. The Kier molecular flexibility index (Phi) is 4.51. The quantitative estimate of drug-likeness (QED) is 0.802. The van der Waals surface area contributed by atoms with Crippen LogP contribution >= 0.6 is 34.8 Å². The number of amides is 2. The van der Waals surface area contributed by atoms with E-state index in [1.54, 1.807) is 0 Å². The zero-order chi connectivity index (χ0) is 15.9. The first-order valence-corrected chi connectivity index (χ1v) is 8.22. The highest BCUT2D eigenvalue weighted by molar-refractivity contribution is 7.89. The van der Waals surface area contributed by atoms with Gasteiger partial charge < -0.3 is 0 Å². The molecule has 1 fully saturated rings. The van der Waals surface area contributed by atoms with Crippen molar-refractivity contribution < 1.29 is 18.0 Å². The molecule has 2 rings (SSSR count). The maximum absolute atomic E-state index is 12.6. The summed E-state index contributed by atoms with van der Waals surface area (Å²) in [6, 6.07) is 1.38. The Morgan fingerprint density at radius 1 is 1.19 bits per heavy atom. The van der Waals surface area contributed by atoms with Crippen LogP contribution in [0.3, 0.4) is 0 Å². The monoisotopic (exact) mass is 370 g/mol. The molecule has 0 saturated carbocycles. The van der Waals surface area contributed by atoms with E-state index in [0.29, 0.717) is 0 Å². The van der Waals surface area contributed by atoms with Gasteiger partial charge in [0.15, 0.2) is 0 Å². The van der Waals surface area contributed by atoms with Gasteiger partial charge in [-0.15, -0.1) is 0 Å². The smallest absolute Gasteiger partial charge is 0.247 e. The second kappa shape index (κ2) is 5.73. The number of carbonyl (C=O) groups excluding carboxylic acids is 2. The minimum atomic E-state index is -4.23. The number of piperazine rings is 1. The van der Waals surface area contributed by atoms with Crippen LogP contribution in [0.2, 0.25) is 15.1 Å². The molecule has 6 nitrogen and oxygen atoms in total. The molecule has 1 unspecified atom stereocenters. The van der Waals surface area contributed by atoms with Crippen LogP contribution in [0.4, 0.5) is 0 Å². The summed E-state index contributed by atoms with van der Waals surface area (Å²) in [6.45, 7) is 0.863. The topological polar surface area (TPSA) is 83.6 Å². The fraction of sp³-hybridized carbons (Fsp3) is 0.273. The van der Waals surface area contributed by atoms with Crippen LogP contribution in [0.5, 0.6) is 0 Å². The molecule has 1 aliphatic rings. The van der Waals surface area contributed by atoms with Crippen molar-refractivity contribution in [3.05, 3.63) is 27.2 Å². The summed E-state index contributed by atoms with van der Waals surface area (Å²) in [4.78, 5) is 22.6. The molecular weight excluding hydrogens is 363 g/mol. The average Bonchev–Trinajstić information content (AvgIpc) is 2.31. The van der Waals surface area contributed by atoms with Gasteiger partial charge in [0.25, 0.3) is 0 Å². The van der Waals surface area contributed by atoms with Gasteiger partial charge in [-0.1, -0.05) is 34.8 Å². The number of hydrogen-bond acceptors (Lipinski definition) is 4. The molecular formula is C11H9Cl3N2O4S. The minimum Gasteiger partial charge on any atom is -0.294 e. The lowest BCUT2D eigenvalue weighted by molar-refractivity contribution is -0.136. The van der Waals surface area contributed by atoms with Crippen LogP contribution < -0.4 is 5.32 Å². The Bertz CT molecular complexity index is 712. The van der Waals surface area contributed by atoms with E-state index in [-0.39, 0.29) is 20.0 Å². The highest BCUT2D eigenvalue weighted by Crippen LogP contribution is 2.35. The summed E-state index contributed by atoms with van der Waals surface area (Å²) < 4.78 is 26.0. The Labute approximate surface area is 136 Å². The summed E-state index contributed by atoms with van der Waals surface area (Å²) in [5.41, 5.74) is 0. The van der Waals surface area contributed by atoms with E-state index in [9.17, 15) is 18.0 Å². The summed E-state index contributed by atoms with van der Waals surface area (Å²) in [5, 5.41) is 1.86. The zero-order valence-corrected chi connectivity index (χ0v) is 13.6.